The monoisotopic (exact) mass is 242 g/mol. The van der Waals surface area contributed by atoms with Crippen LogP contribution in [0.4, 0.5) is 0 Å². The van der Waals surface area contributed by atoms with E-state index in [1.165, 1.54) is 0 Å². The Balaban J connectivity index is 2.80. The highest BCUT2D eigenvalue weighted by Crippen LogP contribution is 2.35. The molecule has 0 aliphatic carbocycles. The Labute approximate surface area is 102 Å². The molecule has 0 aromatic carbocycles. The Morgan fingerprint density at radius 2 is 2.06 bits per heavy atom. The number of amides is 1. The number of likely N-dealkylation sites (N-methyl/N-ethyl adjacent to an activating group) is 1. The van der Waals surface area contributed by atoms with Crippen LogP contribution in [-0.2, 0) is 9.59 Å². The van der Waals surface area contributed by atoms with E-state index in [0.717, 1.165) is 0 Å². The highest BCUT2D eigenvalue weighted by atomic mass is 16.4. The predicted octanol–water partition coefficient (Wildman–Crippen LogP) is 0.698. The second-order valence-corrected chi connectivity index (χ2v) is 5.29. The first-order valence-corrected chi connectivity index (χ1v) is 6.01. The molecule has 0 aromatic heterocycles. The molecule has 1 aliphatic heterocycles. The van der Waals surface area contributed by atoms with Gasteiger partial charge in [-0.1, -0.05) is 6.92 Å². The third-order valence-electron chi connectivity index (χ3n) is 3.93. The average molecular weight is 242 g/mol. The van der Waals surface area contributed by atoms with Gasteiger partial charge in [0.25, 0.3) is 0 Å². The van der Waals surface area contributed by atoms with Gasteiger partial charge in [-0.25, -0.2) is 0 Å². The molecule has 98 valence electrons. The van der Waals surface area contributed by atoms with E-state index < -0.39 is 16.9 Å². The minimum absolute atomic E-state index is 0.0309. The molecular formula is C12H22N2O3. The van der Waals surface area contributed by atoms with Gasteiger partial charge in [0.15, 0.2) is 0 Å². The Morgan fingerprint density at radius 1 is 1.47 bits per heavy atom. The Kier molecular flexibility index (Phi) is 3.81. The smallest absolute Gasteiger partial charge is 0.311 e. The lowest BCUT2D eigenvalue weighted by Crippen LogP contribution is -2.52. The number of rotatable bonds is 4. The quantitative estimate of drug-likeness (QED) is 0.761. The lowest BCUT2D eigenvalue weighted by Gasteiger charge is -2.30. The van der Waals surface area contributed by atoms with Gasteiger partial charge in [0.05, 0.1) is 11.0 Å². The van der Waals surface area contributed by atoms with E-state index in [1.54, 1.807) is 11.9 Å². The lowest BCUT2D eigenvalue weighted by molar-refractivity contribution is -0.149. The van der Waals surface area contributed by atoms with Gasteiger partial charge < -0.3 is 15.3 Å². The zero-order chi connectivity index (χ0) is 13.3. The van der Waals surface area contributed by atoms with Crippen LogP contribution in [-0.4, -0.2) is 47.6 Å². The van der Waals surface area contributed by atoms with Crippen molar-refractivity contribution in [3.8, 4) is 0 Å². The van der Waals surface area contributed by atoms with E-state index in [2.05, 4.69) is 5.32 Å². The molecule has 1 atom stereocenters. The lowest BCUT2D eigenvalue weighted by atomic mass is 9.84. The standard InChI is InChI=1S/C12H22N2O3/c1-5-12(10(16)17)6-7-14(8-12)9(15)11(2,3)13-4/h13H,5-8H2,1-4H3,(H,16,17). The van der Waals surface area contributed by atoms with E-state index in [0.29, 0.717) is 25.9 Å². The average Bonchev–Trinajstić information content (AvgIpc) is 2.73. The van der Waals surface area contributed by atoms with Crippen molar-refractivity contribution >= 4 is 11.9 Å². The van der Waals surface area contributed by atoms with Crippen LogP contribution in [0.15, 0.2) is 0 Å². The maximum absolute atomic E-state index is 12.2. The molecule has 1 unspecified atom stereocenters. The van der Waals surface area contributed by atoms with E-state index in [9.17, 15) is 14.7 Å². The van der Waals surface area contributed by atoms with Gasteiger partial charge in [0.2, 0.25) is 5.91 Å². The first kappa shape index (κ1) is 14.0. The second kappa shape index (κ2) is 4.64. The normalized spacial score (nSPS) is 25.1. The van der Waals surface area contributed by atoms with Crippen LogP contribution in [0, 0.1) is 5.41 Å². The zero-order valence-electron chi connectivity index (χ0n) is 11.0. The number of carbonyl (C=O) groups is 2. The molecule has 0 radical (unpaired) electrons. The van der Waals surface area contributed by atoms with Crippen molar-refractivity contribution in [2.24, 2.45) is 5.41 Å². The summed E-state index contributed by atoms with van der Waals surface area (Å²) in [4.78, 5) is 25.1. The molecule has 1 saturated heterocycles. The first-order chi connectivity index (χ1) is 7.79. The number of carboxylic acid groups (broad SMARTS) is 1. The first-order valence-electron chi connectivity index (χ1n) is 6.01. The number of nitrogens with one attached hydrogen (secondary N) is 1. The van der Waals surface area contributed by atoms with Crippen LogP contribution in [0.5, 0.6) is 0 Å². The van der Waals surface area contributed by atoms with Crippen molar-refractivity contribution in [1.82, 2.24) is 10.2 Å². The molecule has 5 nitrogen and oxygen atoms in total. The SMILES string of the molecule is CCC1(C(=O)O)CCN(C(=O)C(C)(C)NC)C1. The van der Waals surface area contributed by atoms with Crippen LogP contribution < -0.4 is 5.32 Å². The zero-order valence-corrected chi connectivity index (χ0v) is 11.0. The molecule has 5 heteroatoms. The predicted molar refractivity (Wildman–Crippen MR) is 64.7 cm³/mol. The minimum Gasteiger partial charge on any atom is -0.481 e. The van der Waals surface area contributed by atoms with Crippen molar-refractivity contribution < 1.29 is 14.7 Å². The summed E-state index contributed by atoms with van der Waals surface area (Å²) in [7, 11) is 1.73. The molecule has 2 N–H and O–H groups in total. The summed E-state index contributed by atoms with van der Waals surface area (Å²) in [5.41, 5.74) is -1.39. The highest BCUT2D eigenvalue weighted by molar-refractivity contribution is 5.87. The molecular weight excluding hydrogens is 220 g/mol. The number of nitrogens with zero attached hydrogens (tertiary/aromatic N) is 1. The van der Waals surface area contributed by atoms with Crippen molar-refractivity contribution in [2.75, 3.05) is 20.1 Å². The molecule has 1 heterocycles. The fraction of sp³-hybridized carbons (Fsp3) is 0.833. The molecule has 17 heavy (non-hydrogen) atoms. The molecule has 1 fully saturated rings. The fourth-order valence-corrected chi connectivity index (χ4v) is 2.16. The van der Waals surface area contributed by atoms with Gasteiger partial charge in [-0.05, 0) is 33.7 Å². The number of aliphatic carboxylic acids is 1. The number of hydrogen-bond donors (Lipinski definition) is 2. The number of hydrogen-bond acceptors (Lipinski definition) is 3. The largest absolute Gasteiger partial charge is 0.481 e. The van der Waals surface area contributed by atoms with Gasteiger partial charge in [-0.15, -0.1) is 0 Å². The number of carbonyl (C=O) groups excluding carboxylic acids is 1. The molecule has 0 bridgehead atoms. The van der Waals surface area contributed by atoms with Crippen molar-refractivity contribution in [2.45, 2.75) is 39.2 Å². The van der Waals surface area contributed by atoms with Gasteiger partial charge >= 0.3 is 5.97 Å². The Morgan fingerprint density at radius 3 is 2.41 bits per heavy atom. The van der Waals surface area contributed by atoms with Crippen LogP contribution in [0.3, 0.4) is 0 Å². The Bertz CT molecular complexity index is 328. The van der Waals surface area contributed by atoms with Crippen LogP contribution in [0.1, 0.15) is 33.6 Å². The van der Waals surface area contributed by atoms with Gasteiger partial charge in [-0.2, -0.15) is 0 Å². The summed E-state index contributed by atoms with van der Waals surface area (Å²) >= 11 is 0. The number of likely N-dealkylation sites (tertiary alicyclic amines) is 1. The molecule has 0 saturated carbocycles. The topological polar surface area (TPSA) is 69.6 Å². The van der Waals surface area contributed by atoms with Gasteiger partial charge in [-0.3, -0.25) is 9.59 Å². The van der Waals surface area contributed by atoms with E-state index >= 15 is 0 Å². The third kappa shape index (κ3) is 2.44. The number of carboxylic acids is 1. The third-order valence-corrected chi connectivity index (χ3v) is 3.93. The second-order valence-electron chi connectivity index (χ2n) is 5.29. The fourth-order valence-electron chi connectivity index (χ4n) is 2.16. The van der Waals surface area contributed by atoms with Gasteiger partial charge in [0.1, 0.15) is 0 Å². The molecule has 0 spiro atoms. The summed E-state index contributed by atoms with van der Waals surface area (Å²) in [5, 5.41) is 12.2. The minimum atomic E-state index is -0.794. The molecule has 1 rings (SSSR count). The van der Waals surface area contributed by atoms with E-state index in [1.807, 2.05) is 20.8 Å². The van der Waals surface area contributed by atoms with Crippen LogP contribution in [0.2, 0.25) is 0 Å². The van der Waals surface area contributed by atoms with Gasteiger partial charge in [0, 0.05) is 13.1 Å². The maximum atomic E-state index is 12.2. The van der Waals surface area contributed by atoms with E-state index in [-0.39, 0.29) is 5.91 Å². The summed E-state index contributed by atoms with van der Waals surface area (Å²) in [6, 6.07) is 0. The summed E-state index contributed by atoms with van der Waals surface area (Å²) < 4.78 is 0. The van der Waals surface area contributed by atoms with Crippen LogP contribution >= 0.6 is 0 Å². The summed E-state index contributed by atoms with van der Waals surface area (Å²) in [6.07, 6.45) is 1.11. The summed E-state index contributed by atoms with van der Waals surface area (Å²) in [6.45, 7) is 6.34. The molecule has 0 aromatic rings. The van der Waals surface area contributed by atoms with E-state index in [4.69, 9.17) is 0 Å². The van der Waals surface area contributed by atoms with Crippen LogP contribution in [0.25, 0.3) is 0 Å². The molecule has 1 aliphatic rings. The summed E-state index contributed by atoms with van der Waals surface area (Å²) in [5.74, 6) is -0.825. The Hall–Kier alpha value is -1.10. The van der Waals surface area contributed by atoms with Crippen molar-refractivity contribution in [3.63, 3.8) is 0 Å². The highest BCUT2D eigenvalue weighted by Gasteiger charge is 2.46. The molecule has 1 amide bonds. The van der Waals surface area contributed by atoms with Crippen molar-refractivity contribution in [1.29, 1.82) is 0 Å². The maximum Gasteiger partial charge on any atom is 0.311 e. The van der Waals surface area contributed by atoms with Crippen molar-refractivity contribution in [3.05, 3.63) is 0 Å².